The number of amides is 1. The molecule has 1 fully saturated rings. The molecule has 0 saturated carbocycles. The number of aryl methyl sites for hydroxylation is 1. The number of aromatic nitrogens is 3. The van der Waals surface area contributed by atoms with E-state index in [-0.39, 0.29) is 11.9 Å². The summed E-state index contributed by atoms with van der Waals surface area (Å²) in [5.74, 6) is 0.526. The fourth-order valence-electron chi connectivity index (χ4n) is 3.91. The van der Waals surface area contributed by atoms with Crippen molar-refractivity contribution in [1.29, 1.82) is 0 Å². The zero-order chi connectivity index (χ0) is 18.1. The molecule has 1 saturated heterocycles. The van der Waals surface area contributed by atoms with Crippen molar-refractivity contribution >= 4 is 22.5 Å². The van der Waals surface area contributed by atoms with E-state index in [4.69, 9.17) is 0 Å². The van der Waals surface area contributed by atoms with Crippen LogP contribution in [0, 0.1) is 5.92 Å². The molecule has 134 valence electrons. The quantitative estimate of drug-likeness (QED) is 0.786. The number of para-hydroxylation sites is 1. The van der Waals surface area contributed by atoms with Gasteiger partial charge in [0.05, 0.1) is 17.8 Å². The number of carbonyl (C=O) groups is 1. The van der Waals surface area contributed by atoms with Gasteiger partial charge in [-0.05, 0) is 18.6 Å². The SMILES string of the molecule is CN1C(=O)CC[C@H](CNc2ccnc3ccccc23)[C@H]1c1cnn(C)c1. The summed E-state index contributed by atoms with van der Waals surface area (Å²) >= 11 is 0. The molecule has 0 aliphatic carbocycles. The predicted octanol–water partition coefficient (Wildman–Crippen LogP) is 2.99. The lowest BCUT2D eigenvalue weighted by atomic mass is 9.85. The molecule has 1 aliphatic heterocycles. The fraction of sp³-hybridized carbons (Fsp3) is 0.350. The van der Waals surface area contributed by atoms with E-state index in [0.717, 1.165) is 35.1 Å². The molecule has 2 atom stereocenters. The second-order valence-electron chi connectivity index (χ2n) is 6.95. The Morgan fingerprint density at radius 2 is 2.08 bits per heavy atom. The van der Waals surface area contributed by atoms with Gasteiger partial charge in [-0.1, -0.05) is 18.2 Å². The van der Waals surface area contributed by atoms with Crippen LogP contribution in [0.1, 0.15) is 24.4 Å². The maximum Gasteiger partial charge on any atom is 0.222 e. The third-order valence-electron chi connectivity index (χ3n) is 5.26. The highest BCUT2D eigenvalue weighted by atomic mass is 16.2. The Morgan fingerprint density at radius 1 is 1.23 bits per heavy atom. The minimum Gasteiger partial charge on any atom is -0.384 e. The highest BCUT2D eigenvalue weighted by Crippen LogP contribution is 2.36. The van der Waals surface area contributed by atoms with Crippen LogP contribution in [0.5, 0.6) is 0 Å². The van der Waals surface area contributed by atoms with Crippen molar-refractivity contribution in [2.24, 2.45) is 13.0 Å². The fourth-order valence-corrected chi connectivity index (χ4v) is 3.91. The van der Waals surface area contributed by atoms with E-state index < -0.39 is 0 Å². The zero-order valence-electron chi connectivity index (χ0n) is 15.1. The Kier molecular flexibility index (Phi) is 4.32. The van der Waals surface area contributed by atoms with Crippen molar-refractivity contribution in [2.75, 3.05) is 18.9 Å². The minimum atomic E-state index is 0.0468. The number of fused-ring (bicyclic) bond motifs is 1. The first-order chi connectivity index (χ1) is 12.6. The standard InChI is InChI=1S/C20H23N5O/c1-24-13-15(12-23-24)20-14(7-8-19(26)25(20)2)11-22-18-9-10-21-17-6-4-3-5-16(17)18/h3-6,9-10,12-14,20H,7-8,11H2,1-2H3,(H,21,22)/t14-,20+/m1/s1. The van der Waals surface area contributed by atoms with Crippen LogP contribution in [0.4, 0.5) is 5.69 Å². The first-order valence-corrected chi connectivity index (χ1v) is 8.95. The summed E-state index contributed by atoms with van der Waals surface area (Å²) in [7, 11) is 3.80. The number of piperidine rings is 1. The molecule has 0 bridgehead atoms. The number of anilines is 1. The molecular weight excluding hydrogens is 326 g/mol. The summed E-state index contributed by atoms with van der Waals surface area (Å²) in [4.78, 5) is 18.5. The second-order valence-corrected chi connectivity index (χ2v) is 6.95. The molecule has 0 unspecified atom stereocenters. The Bertz CT molecular complexity index is 929. The predicted molar refractivity (Wildman–Crippen MR) is 102 cm³/mol. The van der Waals surface area contributed by atoms with Gasteiger partial charge in [0.1, 0.15) is 0 Å². The van der Waals surface area contributed by atoms with Crippen molar-refractivity contribution in [1.82, 2.24) is 19.7 Å². The van der Waals surface area contributed by atoms with Crippen molar-refractivity contribution in [3.8, 4) is 0 Å². The molecular formula is C20H23N5O. The zero-order valence-corrected chi connectivity index (χ0v) is 15.1. The second kappa shape index (κ2) is 6.78. The van der Waals surface area contributed by atoms with Gasteiger partial charge in [-0.25, -0.2) is 0 Å². The van der Waals surface area contributed by atoms with Crippen molar-refractivity contribution in [3.05, 3.63) is 54.5 Å². The highest BCUT2D eigenvalue weighted by molar-refractivity contribution is 5.90. The molecule has 26 heavy (non-hydrogen) atoms. The van der Waals surface area contributed by atoms with Gasteiger partial charge in [0.25, 0.3) is 0 Å². The van der Waals surface area contributed by atoms with Gasteiger partial charge in [-0.2, -0.15) is 5.10 Å². The van der Waals surface area contributed by atoms with Crippen LogP contribution in [0.3, 0.4) is 0 Å². The van der Waals surface area contributed by atoms with Gasteiger partial charge in [-0.3, -0.25) is 14.5 Å². The Morgan fingerprint density at radius 3 is 2.88 bits per heavy atom. The maximum absolute atomic E-state index is 12.2. The first kappa shape index (κ1) is 16.6. The smallest absolute Gasteiger partial charge is 0.222 e. The third-order valence-corrected chi connectivity index (χ3v) is 5.26. The average Bonchev–Trinajstić information content (AvgIpc) is 3.08. The Labute approximate surface area is 152 Å². The molecule has 1 aliphatic rings. The van der Waals surface area contributed by atoms with Gasteiger partial charge < -0.3 is 10.2 Å². The van der Waals surface area contributed by atoms with E-state index in [1.165, 1.54) is 0 Å². The molecule has 0 spiro atoms. The number of rotatable bonds is 4. The number of carbonyl (C=O) groups excluding carboxylic acids is 1. The van der Waals surface area contributed by atoms with E-state index in [1.54, 1.807) is 4.68 Å². The number of hydrogen-bond acceptors (Lipinski definition) is 4. The highest BCUT2D eigenvalue weighted by Gasteiger charge is 2.35. The lowest BCUT2D eigenvalue weighted by molar-refractivity contribution is -0.136. The van der Waals surface area contributed by atoms with E-state index in [0.29, 0.717) is 12.3 Å². The van der Waals surface area contributed by atoms with Crippen LogP contribution in [-0.4, -0.2) is 39.2 Å². The number of pyridine rings is 1. The molecule has 3 aromatic rings. The molecule has 3 heterocycles. The number of nitrogens with zero attached hydrogens (tertiary/aromatic N) is 4. The van der Waals surface area contributed by atoms with E-state index in [1.807, 2.05) is 61.9 Å². The minimum absolute atomic E-state index is 0.0468. The lowest BCUT2D eigenvalue weighted by Gasteiger charge is -2.39. The summed E-state index contributed by atoms with van der Waals surface area (Å²) in [6.07, 6.45) is 7.18. The van der Waals surface area contributed by atoms with Crippen LogP contribution in [0.25, 0.3) is 10.9 Å². The molecule has 2 aromatic heterocycles. The number of likely N-dealkylation sites (tertiary alicyclic amines) is 1. The van der Waals surface area contributed by atoms with E-state index in [2.05, 4.69) is 21.5 Å². The first-order valence-electron chi connectivity index (χ1n) is 8.95. The summed E-state index contributed by atoms with van der Waals surface area (Å²) in [6, 6.07) is 10.2. The van der Waals surface area contributed by atoms with Gasteiger partial charge in [0.2, 0.25) is 5.91 Å². The average molecular weight is 349 g/mol. The number of hydrogen-bond donors (Lipinski definition) is 1. The largest absolute Gasteiger partial charge is 0.384 e. The summed E-state index contributed by atoms with van der Waals surface area (Å²) in [6.45, 7) is 0.797. The Balaban J connectivity index is 1.58. The van der Waals surface area contributed by atoms with Crippen LogP contribution in [0.15, 0.2) is 48.9 Å². The van der Waals surface area contributed by atoms with E-state index in [9.17, 15) is 4.79 Å². The number of nitrogens with one attached hydrogen (secondary N) is 1. The summed E-state index contributed by atoms with van der Waals surface area (Å²) in [5.41, 5.74) is 3.16. The van der Waals surface area contributed by atoms with E-state index >= 15 is 0 Å². The molecule has 6 heteroatoms. The van der Waals surface area contributed by atoms with Crippen molar-refractivity contribution in [2.45, 2.75) is 18.9 Å². The van der Waals surface area contributed by atoms with Crippen molar-refractivity contribution < 1.29 is 4.79 Å². The van der Waals surface area contributed by atoms with Crippen LogP contribution >= 0.6 is 0 Å². The molecule has 4 rings (SSSR count). The molecule has 6 nitrogen and oxygen atoms in total. The summed E-state index contributed by atoms with van der Waals surface area (Å²) in [5, 5.41) is 9.01. The van der Waals surface area contributed by atoms with Crippen LogP contribution in [-0.2, 0) is 11.8 Å². The molecule has 0 radical (unpaired) electrons. The van der Waals surface area contributed by atoms with Gasteiger partial charge >= 0.3 is 0 Å². The third kappa shape index (κ3) is 3.03. The topological polar surface area (TPSA) is 63.1 Å². The van der Waals surface area contributed by atoms with Crippen LogP contribution < -0.4 is 5.32 Å². The lowest BCUT2D eigenvalue weighted by Crippen LogP contribution is -2.42. The molecule has 1 aromatic carbocycles. The molecule has 1 N–H and O–H groups in total. The molecule has 1 amide bonds. The Hall–Kier alpha value is -2.89. The van der Waals surface area contributed by atoms with Gasteiger partial charge in [0, 0.05) is 62.0 Å². The van der Waals surface area contributed by atoms with Gasteiger partial charge in [0.15, 0.2) is 0 Å². The maximum atomic E-state index is 12.2. The normalized spacial score (nSPS) is 20.5. The van der Waals surface area contributed by atoms with Gasteiger partial charge in [-0.15, -0.1) is 0 Å². The van der Waals surface area contributed by atoms with Crippen molar-refractivity contribution in [3.63, 3.8) is 0 Å². The summed E-state index contributed by atoms with van der Waals surface area (Å²) < 4.78 is 1.79. The monoisotopic (exact) mass is 349 g/mol. The number of benzene rings is 1. The van der Waals surface area contributed by atoms with Crippen LogP contribution in [0.2, 0.25) is 0 Å².